The van der Waals surface area contributed by atoms with Gasteiger partial charge in [-0.25, -0.2) is 0 Å². The second kappa shape index (κ2) is 8.89. The zero-order valence-electron chi connectivity index (χ0n) is 16.0. The van der Waals surface area contributed by atoms with Gasteiger partial charge in [-0.1, -0.05) is 0 Å². The number of nitrogens with one attached hydrogen (secondary N) is 1. The number of nitrogens with zero attached hydrogens (tertiary/aromatic N) is 3. The summed E-state index contributed by atoms with van der Waals surface area (Å²) in [5.74, 6) is -0.998. The average Bonchev–Trinajstić information content (AvgIpc) is 3.15. The molecule has 0 unspecified atom stereocenters. The van der Waals surface area contributed by atoms with Crippen LogP contribution in [-0.4, -0.2) is 54.4 Å². The monoisotopic (exact) mass is 457 g/mol. The number of rotatable bonds is 6. The predicted molar refractivity (Wildman–Crippen MR) is 108 cm³/mol. The van der Waals surface area contributed by atoms with Crippen LogP contribution in [0.2, 0.25) is 0 Å². The SMILES string of the molecule is NC(=O)c1ccsc1NC(=O)CN1CCN(c2ccc(C(F)(F)F)cc2[N+](=O)[O-])CC1. The second-order valence-electron chi connectivity index (χ2n) is 6.80. The normalized spacial score (nSPS) is 15.0. The molecule has 3 N–H and O–H groups in total. The van der Waals surface area contributed by atoms with Gasteiger partial charge in [0, 0.05) is 32.2 Å². The van der Waals surface area contributed by atoms with Crippen LogP contribution >= 0.6 is 11.3 Å². The quantitative estimate of drug-likeness (QED) is 0.508. The lowest BCUT2D eigenvalue weighted by Gasteiger charge is -2.35. The zero-order valence-corrected chi connectivity index (χ0v) is 16.8. The van der Waals surface area contributed by atoms with Crippen LogP contribution in [0.25, 0.3) is 0 Å². The number of hydrogen-bond donors (Lipinski definition) is 2. The van der Waals surface area contributed by atoms with Crippen molar-refractivity contribution in [1.29, 1.82) is 0 Å². The Hall–Kier alpha value is -3.19. The first kappa shape index (κ1) is 22.5. The summed E-state index contributed by atoms with van der Waals surface area (Å²) < 4.78 is 38.6. The lowest BCUT2D eigenvalue weighted by molar-refractivity contribution is -0.384. The van der Waals surface area contributed by atoms with Crippen LogP contribution in [0.15, 0.2) is 29.6 Å². The molecule has 0 spiro atoms. The van der Waals surface area contributed by atoms with E-state index in [1.807, 2.05) is 0 Å². The van der Waals surface area contributed by atoms with Gasteiger partial charge in [-0.05, 0) is 23.6 Å². The number of nitro groups is 1. The van der Waals surface area contributed by atoms with Crippen molar-refractivity contribution in [3.8, 4) is 0 Å². The highest BCUT2D eigenvalue weighted by Crippen LogP contribution is 2.36. The Balaban J connectivity index is 1.62. The Bertz CT molecular complexity index is 1000. The minimum absolute atomic E-state index is 0.0268. The van der Waals surface area contributed by atoms with Crippen molar-refractivity contribution in [1.82, 2.24) is 4.90 Å². The largest absolute Gasteiger partial charge is 0.416 e. The number of nitro benzene ring substituents is 1. The molecule has 1 aromatic heterocycles. The standard InChI is InChI=1S/C18H18F3N5O4S/c19-18(20,21)11-1-2-13(14(9-11)26(29)30)25-6-4-24(5-7-25)10-15(27)23-17-12(16(22)28)3-8-31-17/h1-3,8-9H,4-7,10H2,(H2,22,28)(H,23,27). The number of halogens is 3. The van der Waals surface area contributed by atoms with Crippen LogP contribution in [-0.2, 0) is 11.0 Å². The first-order chi connectivity index (χ1) is 14.6. The van der Waals surface area contributed by atoms with Gasteiger partial charge in [-0.2, -0.15) is 13.2 Å². The first-order valence-electron chi connectivity index (χ1n) is 9.06. The third-order valence-electron chi connectivity index (χ3n) is 4.76. The topological polar surface area (TPSA) is 122 Å². The highest BCUT2D eigenvalue weighted by Gasteiger charge is 2.34. The van der Waals surface area contributed by atoms with Crippen molar-refractivity contribution in [2.45, 2.75) is 6.18 Å². The fourth-order valence-electron chi connectivity index (χ4n) is 3.23. The molecule has 1 aliphatic rings. The Morgan fingerprint density at radius 3 is 2.45 bits per heavy atom. The molecule has 166 valence electrons. The van der Waals surface area contributed by atoms with Crippen molar-refractivity contribution in [3.05, 3.63) is 50.9 Å². The molecule has 1 aliphatic heterocycles. The molecule has 3 rings (SSSR count). The van der Waals surface area contributed by atoms with Crippen molar-refractivity contribution in [3.63, 3.8) is 0 Å². The van der Waals surface area contributed by atoms with Crippen LogP contribution in [0.4, 0.5) is 29.5 Å². The minimum atomic E-state index is -4.67. The van der Waals surface area contributed by atoms with E-state index in [4.69, 9.17) is 5.73 Å². The molecule has 0 radical (unpaired) electrons. The third kappa shape index (κ3) is 5.30. The number of amides is 2. The molecule has 31 heavy (non-hydrogen) atoms. The summed E-state index contributed by atoms with van der Waals surface area (Å²) in [6.45, 7) is 1.37. The van der Waals surface area contributed by atoms with Crippen LogP contribution in [0.1, 0.15) is 15.9 Å². The highest BCUT2D eigenvalue weighted by atomic mass is 32.1. The minimum Gasteiger partial charge on any atom is -0.366 e. The van der Waals surface area contributed by atoms with E-state index in [0.717, 1.165) is 12.1 Å². The van der Waals surface area contributed by atoms with Gasteiger partial charge in [-0.3, -0.25) is 24.6 Å². The summed E-state index contributed by atoms with van der Waals surface area (Å²) in [4.78, 5) is 37.5. The molecule has 2 amide bonds. The number of benzene rings is 1. The van der Waals surface area contributed by atoms with Crippen molar-refractivity contribution in [2.75, 3.05) is 42.9 Å². The molecule has 2 aromatic rings. The van der Waals surface area contributed by atoms with E-state index in [1.54, 1.807) is 15.2 Å². The molecule has 13 heteroatoms. The summed E-state index contributed by atoms with van der Waals surface area (Å²) in [5.41, 5.74) is 3.88. The van der Waals surface area contributed by atoms with Crippen LogP contribution in [0, 0.1) is 10.1 Å². The van der Waals surface area contributed by atoms with E-state index >= 15 is 0 Å². The number of anilines is 2. The number of carbonyl (C=O) groups is 2. The van der Waals surface area contributed by atoms with E-state index in [0.29, 0.717) is 37.2 Å². The molecule has 0 bridgehead atoms. The van der Waals surface area contributed by atoms with Crippen LogP contribution < -0.4 is 16.0 Å². The molecule has 2 heterocycles. The highest BCUT2D eigenvalue weighted by molar-refractivity contribution is 7.14. The smallest absolute Gasteiger partial charge is 0.366 e. The Morgan fingerprint density at radius 1 is 1.19 bits per heavy atom. The summed E-state index contributed by atoms with van der Waals surface area (Å²) in [6, 6.07) is 3.97. The molecule has 0 aliphatic carbocycles. The van der Waals surface area contributed by atoms with E-state index in [1.165, 1.54) is 17.4 Å². The molecule has 9 nitrogen and oxygen atoms in total. The molecule has 1 saturated heterocycles. The molecular weight excluding hydrogens is 439 g/mol. The van der Waals surface area contributed by atoms with E-state index in [9.17, 15) is 32.9 Å². The van der Waals surface area contributed by atoms with E-state index in [-0.39, 0.29) is 23.7 Å². The maximum Gasteiger partial charge on any atom is 0.416 e. The predicted octanol–water partition coefficient (Wildman–Crippen LogP) is 2.53. The van der Waals surface area contributed by atoms with Gasteiger partial charge in [0.2, 0.25) is 5.91 Å². The second-order valence-corrected chi connectivity index (χ2v) is 7.71. The summed E-state index contributed by atoms with van der Waals surface area (Å²) in [7, 11) is 0. The zero-order chi connectivity index (χ0) is 22.8. The molecule has 0 saturated carbocycles. The Labute approximate surface area is 178 Å². The van der Waals surface area contributed by atoms with E-state index < -0.39 is 28.3 Å². The van der Waals surface area contributed by atoms with Crippen LogP contribution in [0.3, 0.4) is 0 Å². The van der Waals surface area contributed by atoms with Gasteiger partial charge < -0.3 is 16.0 Å². The lowest BCUT2D eigenvalue weighted by atomic mass is 10.1. The maximum absolute atomic E-state index is 12.9. The molecule has 1 fully saturated rings. The number of primary amides is 1. The van der Waals surface area contributed by atoms with Gasteiger partial charge in [0.05, 0.1) is 22.6 Å². The molecular formula is C18H18F3N5O4S. The van der Waals surface area contributed by atoms with Crippen LogP contribution in [0.5, 0.6) is 0 Å². The van der Waals surface area contributed by atoms with E-state index in [2.05, 4.69) is 5.32 Å². The number of piperazine rings is 1. The summed E-state index contributed by atoms with van der Waals surface area (Å²) in [6.07, 6.45) is -4.67. The van der Waals surface area contributed by atoms with Gasteiger partial charge >= 0.3 is 6.18 Å². The van der Waals surface area contributed by atoms with Gasteiger partial charge in [0.25, 0.3) is 11.6 Å². The lowest BCUT2D eigenvalue weighted by Crippen LogP contribution is -2.48. The number of carbonyl (C=O) groups excluding carboxylic acids is 2. The number of nitrogens with two attached hydrogens (primary N) is 1. The third-order valence-corrected chi connectivity index (χ3v) is 5.59. The summed E-state index contributed by atoms with van der Waals surface area (Å²) in [5, 5.41) is 15.9. The van der Waals surface area contributed by atoms with Crippen molar-refractivity contribution < 1.29 is 27.7 Å². The van der Waals surface area contributed by atoms with Crippen molar-refractivity contribution in [2.24, 2.45) is 5.73 Å². The maximum atomic E-state index is 12.9. The average molecular weight is 457 g/mol. The van der Waals surface area contributed by atoms with Crippen molar-refractivity contribution >= 4 is 39.5 Å². The Morgan fingerprint density at radius 2 is 1.87 bits per heavy atom. The molecule has 1 aromatic carbocycles. The Kier molecular flexibility index (Phi) is 6.45. The molecule has 0 atom stereocenters. The number of hydrogen-bond acceptors (Lipinski definition) is 7. The fraction of sp³-hybridized carbons (Fsp3) is 0.333. The summed E-state index contributed by atoms with van der Waals surface area (Å²) >= 11 is 1.17. The van der Waals surface area contributed by atoms with Gasteiger partial charge in [0.1, 0.15) is 10.7 Å². The van der Waals surface area contributed by atoms with Gasteiger partial charge in [0.15, 0.2) is 0 Å². The number of thiophene rings is 1. The first-order valence-corrected chi connectivity index (χ1v) is 9.94. The van der Waals surface area contributed by atoms with Gasteiger partial charge in [-0.15, -0.1) is 11.3 Å². The fourth-order valence-corrected chi connectivity index (χ4v) is 4.04. The number of alkyl halides is 3.